The largest absolute Gasteiger partial charge is 0.383 e. The summed E-state index contributed by atoms with van der Waals surface area (Å²) in [5.41, 5.74) is 4.50. The van der Waals surface area contributed by atoms with Crippen molar-refractivity contribution in [3.63, 3.8) is 0 Å². The van der Waals surface area contributed by atoms with Crippen molar-refractivity contribution in [3.8, 4) is 0 Å². The summed E-state index contributed by atoms with van der Waals surface area (Å²) < 4.78 is 0. The van der Waals surface area contributed by atoms with Crippen molar-refractivity contribution in [3.05, 3.63) is 59.4 Å². The topological polar surface area (TPSA) is 54.0 Å². The number of pyridine rings is 1. The first kappa shape index (κ1) is 20.9. The van der Waals surface area contributed by atoms with Gasteiger partial charge in [0.25, 0.3) is 0 Å². The van der Waals surface area contributed by atoms with Crippen molar-refractivity contribution in [2.24, 2.45) is 5.41 Å². The highest BCUT2D eigenvalue weighted by atomic mass is 16.1. The van der Waals surface area contributed by atoms with Crippen molar-refractivity contribution in [2.75, 3.05) is 11.9 Å². The molecule has 1 aromatic heterocycles. The summed E-state index contributed by atoms with van der Waals surface area (Å²) in [6, 6.07) is 12.2. The average molecular weight is 368 g/mol. The molecule has 0 atom stereocenters. The molecule has 4 nitrogen and oxygen atoms in total. The molecular weight excluding hydrogens is 334 g/mol. The van der Waals surface area contributed by atoms with Gasteiger partial charge in [-0.1, -0.05) is 65.8 Å². The van der Waals surface area contributed by atoms with Crippen molar-refractivity contribution in [1.29, 1.82) is 0 Å². The van der Waals surface area contributed by atoms with E-state index in [1.54, 1.807) is 0 Å². The Morgan fingerprint density at radius 3 is 2.15 bits per heavy atom. The van der Waals surface area contributed by atoms with E-state index < -0.39 is 0 Å². The summed E-state index contributed by atoms with van der Waals surface area (Å²) in [7, 11) is 0. The molecule has 0 unspecified atom stereocenters. The molecular formula is C23H33N3O. The number of hydrogen-bond donors (Lipinski definition) is 2. The van der Waals surface area contributed by atoms with Crippen molar-refractivity contribution >= 4 is 11.6 Å². The minimum atomic E-state index is 0.00948. The number of benzene rings is 1. The highest BCUT2D eigenvalue weighted by molar-refractivity contribution is 5.78. The van der Waals surface area contributed by atoms with Crippen LogP contribution < -0.4 is 10.6 Å². The van der Waals surface area contributed by atoms with E-state index in [1.807, 2.05) is 30.5 Å². The molecule has 0 aliphatic rings. The van der Waals surface area contributed by atoms with Gasteiger partial charge in [0, 0.05) is 6.54 Å². The first-order valence-corrected chi connectivity index (χ1v) is 9.58. The number of rotatable bonds is 6. The Labute approximate surface area is 163 Å². The van der Waals surface area contributed by atoms with Gasteiger partial charge in [0.05, 0.1) is 30.5 Å². The van der Waals surface area contributed by atoms with Crippen LogP contribution in [0.4, 0.5) is 5.69 Å². The van der Waals surface area contributed by atoms with E-state index in [-0.39, 0.29) is 16.7 Å². The van der Waals surface area contributed by atoms with E-state index in [0.29, 0.717) is 13.0 Å². The third kappa shape index (κ3) is 7.41. The molecule has 0 aliphatic heterocycles. The van der Waals surface area contributed by atoms with Crippen LogP contribution in [0, 0.1) is 5.41 Å². The summed E-state index contributed by atoms with van der Waals surface area (Å²) in [5.74, 6) is 0.00948. The smallest absolute Gasteiger partial charge is 0.224 e. The molecule has 2 rings (SSSR count). The number of hydrogen-bond acceptors (Lipinski definition) is 3. The molecule has 27 heavy (non-hydrogen) atoms. The number of carbonyl (C=O) groups is 1. The lowest BCUT2D eigenvalue weighted by Crippen LogP contribution is -2.25. The number of anilines is 1. The molecule has 0 radical (unpaired) electrons. The maximum absolute atomic E-state index is 12.2. The van der Waals surface area contributed by atoms with E-state index in [0.717, 1.165) is 23.5 Å². The van der Waals surface area contributed by atoms with Gasteiger partial charge in [-0.05, 0) is 34.1 Å². The van der Waals surface area contributed by atoms with E-state index >= 15 is 0 Å². The zero-order valence-corrected chi connectivity index (χ0v) is 17.5. The Morgan fingerprint density at radius 2 is 1.63 bits per heavy atom. The highest BCUT2D eigenvalue weighted by Gasteiger charge is 2.13. The van der Waals surface area contributed by atoms with Gasteiger partial charge in [0.1, 0.15) is 0 Å². The average Bonchev–Trinajstić information content (AvgIpc) is 2.58. The van der Waals surface area contributed by atoms with Crippen LogP contribution in [0.25, 0.3) is 0 Å². The summed E-state index contributed by atoms with van der Waals surface area (Å²) >= 11 is 0. The first-order chi connectivity index (χ1) is 12.5. The molecule has 2 aromatic rings. The van der Waals surface area contributed by atoms with Crippen LogP contribution in [-0.2, 0) is 23.2 Å². The number of carbonyl (C=O) groups excluding carboxylic acids is 1. The summed E-state index contributed by atoms with van der Waals surface area (Å²) in [4.78, 5) is 16.6. The monoisotopic (exact) mass is 367 g/mol. The lowest BCUT2D eigenvalue weighted by Gasteiger charge is -2.19. The fourth-order valence-electron chi connectivity index (χ4n) is 2.56. The van der Waals surface area contributed by atoms with Gasteiger partial charge in [0.15, 0.2) is 0 Å². The second-order valence-corrected chi connectivity index (χ2v) is 9.35. The van der Waals surface area contributed by atoms with Gasteiger partial charge in [-0.3, -0.25) is 9.78 Å². The van der Waals surface area contributed by atoms with Crippen LogP contribution in [0.1, 0.15) is 58.4 Å². The molecule has 4 heteroatoms. The predicted octanol–water partition coefficient (Wildman–Crippen LogP) is 4.70. The Bertz CT molecular complexity index is 735. The number of amides is 1. The van der Waals surface area contributed by atoms with Gasteiger partial charge < -0.3 is 10.6 Å². The Kier molecular flexibility index (Phi) is 6.63. The molecule has 0 fully saturated rings. The fourth-order valence-corrected chi connectivity index (χ4v) is 2.56. The molecule has 0 aliphatic carbocycles. The molecule has 1 amide bonds. The fraction of sp³-hybridized carbons (Fsp3) is 0.478. The van der Waals surface area contributed by atoms with Gasteiger partial charge in [-0.15, -0.1) is 0 Å². The highest BCUT2D eigenvalue weighted by Crippen LogP contribution is 2.22. The van der Waals surface area contributed by atoms with Crippen LogP contribution in [0.2, 0.25) is 0 Å². The van der Waals surface area contributed by atoms with Crippen LogP contribution in [0.15, 0.2) is 42.6 Å². The van der Waals surface area contributed by atoms with E-state index in [1.165, 1.54) is 5.56 Å². The molecule has 2 N–H and O–H groups in total. The number of nitrogens with zero attached hydrogens (tertiary/aromatic N) is 1. The quantitative estimate of drug-likeness (QED) is 0.778. The minimum absolute atomic E-state index is 0.00948. The second kappa shape index (κ2) is 8.55. The molecule has 0 spiro atoms. The van der Waals surface area contributed by atoms with E-state index in [4.69, 9.17) is 0 Å². The third-order valence-electron chi connectivity index (χ3n) is 4.30. The molecule has 0 saturated heterocycles. The normalized spacial score (nSPS) is 11.9. The van der Waals surface area contributed by atoms with Crippen molar-refractivity contribution < 1.29 is 4.79 Å². The van der Waals surface area contributed by atoms with E-state index in [9.17, 15) is 4.79 Å². The summed E-state index contributed by atoms with van der Waals surface area (Å²) in [5, 5.41) is 6.32. The van der Waals surface area contributed by atoms with Crippen molar-refractivity contribution in [1.82, 2.24) is 10.3 Å². The molecule has 1 heterocycles. The van der Waals surface area contributed by atoms with Crippen molar-refractivity contribution in [2.45, 2.75) is 59.9 Å². The van der Waals surface area contributed by atoms with Gasteiger partial charge >= 0.3 is 0 Å². The molecule has 0 bridgehead atoms. The van der Waals surface area contributed by atoms with Crippen LogP contribution in [0.5, 0.6) is 0 Å². The molecule has 1 aromatic carbocycles. The Morgan fingerprint density at radius 1 is 0.963 bits per heavy atom. The summed E-state index contributed by atoms with van der Waals surface area (Å²) in [6.45, 7) is 14.5. The number of nitrogens with one attached hydrogen (secondary N) is 2. The minimum Gasteiger partial charge on any atom is -0.383 e. The van der Waals surface area contributed by atoms with Gasteiger partial charge in [-0.2, -0.15) is 0 Å². The van der Waals surface area contributed by atoms with Crippen LogP contribution >= 0.6 is 0 Å². The number of aromatic nitrogens is 1. The van der Waals surface area contributed by atoms with Crippen LogP contribution in [-0.4, -0.2) is 17.4 Å². The zero-order chi connectivity index (χ0) is 20.1. The third-order valence-corrected chi connectivity index (χ3v) is 4.30. The lowest BCUT2D eigenvalue weighted by molar-refractivity contribution is -0.120. The zero-order valence-electron chi connectivity index (χ0n) is 17.5. The van der Waals surface area contributed by atoms with E-state index in [2.05, 4.69) is 69.3 Å². The summed E-state index contributed by atoms with van der Waals surface area (Å²) in [6.07, 6.45) is 2.20. The molecule has 146 valence electrons. The Balaban J connectivity index is 1.81. The standard InChI is InChI=1S/C23H33N3O/c1-22(2,3)16-26-20-12-11-19(24-14-20)15-25-21(27)13-17-7-9-18(10-8-17)23(4,5)6/h7-12,14,26H,13,15-16H2,1-6H3,(H,25,27). The molecule has 0 saturated carbocycles. The SMILES string of the molecule is CC(C)(C)CNc1ccc(CNC(=O)Cc2ccc(C(C)(C)C)cc2)nc1. The van der Waals surface area contributed by atoms with Gasteiger partial charge in [0.2, 0.25) is 5.91 Å². The maximum Gasteiger partial charge on any atom is 0.224 e. The first-order valence-electron chi connectivity index (χ1n) is 9.58. The second-order valence-electron chi connectivity index (χ2n) is 9.35. The van der Waals surface area contributed by atoms with Crippen LogP contribution in [0.3, 0.4) is 0 Å². The van der Waals surface area contributed by atoms with Gasteiger partial charge in [-0.25, -0.2) is 0 Å². The predicted molar refractivity (Wildman–Crippen MR) is 113 cm³/mol. The maximum atomic E-state index is 12.2. The lowest BCUT2D eigenvalue weighted by atomic mass is 9.86. The Hall–Kier alpha value is -2.36.